The van der Waals surface area contributed by atoms with Gasteiger partial charge in [-0.05, 0) is 62.2 Å². The number of esters is 2. The normalized spacial score (nSPS) is 15.1. The molecule has 9 nitrogen and oxygen atoms in total. The Morgan fingerprint density at radius 2 is 1.49 bits per heavy atom. The first-order valence-electron chi connectivity index (χ1n) is 12.5. The summed E-state index contributed by atoms with van der Waals surface area (Å²) in [7, 11) is 1.25. The molecule has 3 aromatic rings. The number of nitrogens with zero attached hydrogens (tertiary/aromatic N) is 1. The molecule has 1 aliphatic rings. The number of fused-ring (bicyclic) bond motifs is 1. The van der Waals surface area contributed by atoms with Gasteiger partial charge in [-0.15, -0.1) is 11.3 Å². The summed E-state index contributed by atoms with van der Waals surface area (Å²) in [5.74, 6) is -1.10. The van der Waals surface area contributed by atoms with E-state index in [0.29, 0.717) is 34.8 Å². The van der Waals surface area contributed by atoms with E-state index in [1.165, 1.54) is 11.7 Å². The number of ether oxygens (including phenoxy) is 4. The second kappa shape index (κ2) is 12.0. The van der Waals surface area contributed by atoms with Crippen LogP contribution >= 0.6 is 11.3 Å². The van der Waals surface area contributed by atoms with Crippen molar-refractivity contribution in [3.8, 4) is 11.5 Å². The largest absolute Gasteiger partial charge is 0.494 e. The van der Waals surface area contributed by atoms with Crippen LogP contribution in [0.5, 0.6) is 11.5 Å². The summed E-state index contributed by atoms with van der Waals surface area (Å²) >= 11 is 1.10. The number of methoxy groups -OCH3 is 1. The van der Waals surface area contributed by atoms with Crippen molar-refractivity contribution < 1.29 is 28.5 Å². The maximum absolute atomic E-state index is 13.6. The molecule has 0 saturated carbocycles. The summed E-state index contributed by atoms with van der Waals surface area (Å²) in [6, 6.07) is 14.2. The summed E-state index contributed by atoms with van der Waals surface area (Å²) in [5, 5.41) is 0. The van der Waals surface area contributed by atoms with Crippen molar-refractivity contribution in [2.45, 2.75) is 26.7 Å². The lowest BCUT2D eigenvalue weighted by atomic mass is 9.83. The van der Waals surface area contributed by atoms with Gasteiger partial charge in [0.1, 0.15) is 22.0 Å². The summed E-state index contributed by atoms with van der Waals surface area (Å²) in [6.45, 7) is 6.55. The minimum absolute atomic E-state index is 0.0126. The Labute approximate surface area is 229 Å². The van der Waals surface area contributed by atoms with Crippen molar-refractivity contribution in [1.82, 2.24) is 4.57 Å². The molecule has 39 heavy (non-hydrogen) atoms. The number of hydrogen-bond donors (Lipinski definition) is 1. The van der Waals surface area contributed by atoms with Crippen molar-refractivity contribution in [3.63, 3.8) is 0 Å². The molecule has 0 radical (unpaired) electrons. The van der Waals surface area contributed by atoms with Gasteiger partial charge in [-0.3, -0.25) is 9.36 Å². The molecule has 2 N–H and O–H groups in total. The number of benzene rings is 2. The number of nitrogens with two attached hydrogens (primary N) is 1. The first kappa shape index (κ1) is 27.7. The van der Waals surface area contributed by atoms with Crippen LogP contribution in [0.2, 0.25) is 0 Å². The summed E-state index contributed by atoms with van der Waals surface area (Å²) in [5.41, 5.74) is 7.51. The lowest BCUT2D eigenvalue weighted by Crippen LogP contribution is -2.41. The molecule has 2 aromatic carbocycles. The van der Waals surface area contributed by atoms with Gasteiger partial charge < -0.3 is 24.7 Å². The van der Waals surface area contributed by atoms with E-state index in [4.69, 9.17) is 24.7 Å². The van der Waals surface area contributed by atoms with E-state index in [1.807, 2.05) is 38.1 Å². The number of carbonyl (C=O) groups is 2. The molecular weight excluding hydrogens is 520 g/mol. The van der Waals surface area contributed by atoms with Crippen molar-refractivity contribution >= 4 is 40.7 Å². The molecular formula is C29H30N2O7S. The fourth-order valence-corrected chi connectivity index (χ4v) is 5.56. The van der Waals surface area contributed by atoms with Gasteiger partial charge in [-0.1, -0.05) is 24.3 Å². The third kappa shape index (κ3) is 5.46. The van der Waals surface area contributed by atoms with Gasteiger partial charge in [-0.25, -0.2) is 9.59 Å². The molecule has 1 aliphatic heterocycles. The smallest absolute Gasteiger partial charge is 0.338 e. The molecule has 1 aromatic heterocycles. The van der Waals surface area contributed by atoms with Crippen molar-refractivity contribution in [1.29, 1.82) is 0 Å². The van der Waals surface area contributed by atoms with Crippen LogP contribution in [-0.2, 0) is 19.1 Å². The highest BCUT2D eigenvalue weighted by Gasteiger charge is 2.39. The van der Waals surface area contributed by atoms with Crippen LogP contribution in [0, 0.1) is 0 Å². The summed E-state index contributed by atoms with van der Waals surface area (Å²) in [4.78, 5) is 40.1. The van der Waals surface area contributed by atoms with E-state index in [2.05, 4.69) is 0 Å². The van der Waals surface area contributed by atoms with Gasteiger partial charge >= 0.3 is 11.9 Å². The Bertz CT molecular complexity index is 1580. The third-order valence-corrected chi connectivity index (χ3v) is 7.17. The van der Waals surface area contributed by atoms with E-state index >= 15 is 0 Å². The first-order chi connectivity index (χ1) is 18.8. The Hall–Kier alpha value is -4.31. The van der Waals surface area contributed by atoms with Crippen molar-refractivity contribution in [2.24, 2.45) is 5.73 Å². The van der Waals surface area contributed by atoms with Crippen LogP contribution in [0.1, 0.15) is 37.8 Å². The molecule has 10 heteroatoms. The van der Waals surface area contributed by atoms with E-state index < -0.39 is 23.4 Å². The zero-order chi connectivity index (χ0) is 28.1. The molecule has 1 atom stereocenters. The first-order valence-corrected chi connectivity index (χ1v) is 13.3. The molecule has 0 fully saturated rings. The maximum Gasteiger partial charge on any atom is 0.338 e. The number of rotatable bonds is 9. The molecule has 0 amide bonds. The van der Waals surface area contributed by atoms with Crippen LogP contribution in [0.4, 0.5) is 0 Å². The third-order valence-electron chi connectivity index (χ3n) is 6.06. The minimum Gasteiger partial charge on any atom is -0.494 e. The Kier molecular flexibility index (Phi) is 8.55. The highest BCUT2D eigenvalue weighted by molar-refractivity contribution is 7.07. The highest BCUT2D eigenvalue weighted by Crippen LogP contribution is 2.38. The fraction of sp³-hybridized carbons (Fsp3) is 0.276. The van der Waals surface area contributed by atoms with E-state index in [1.54, 1.807) is 37.3 Å². The van der Waals surface area contributed by atoms with E-state index in [0.717, 1.165) is 16.9 Å². The van der Waals surface area contributed by atoms with E-state index in [-0.39, 0.29) is 28.2 Å². The topological polar surface area (TPSA) is 119 Å². The number of aromatic nitrogens is 1. The lowest BCUT2D eigenvalue weighted by Gasteiger charge is -2.27. The van der Waals surface area contributed by atoms with Crippen molar-refractivity contribution in [3.05, 3.63) is 84.8 Å². The van der Waals surface area contributed by atoms with Crippen LogP contribution < -0.4 is 30.0 Å². The molecule has 0 aliphatic carbocycles. The number of hydrogen-bond acceptors (Lipinski definition) is 9. The lowest BCUT2D eigenvalue weighted by molar-refractivity contribution is -0.138. The van der Waals surface area contributed by atoms with E-state index in [9.17, 15) is 14.4 Å². The monoisotopic (exact) mass is 550 g/mol. The summed E-state index contributed by atoms with van der Waals surface area (Å²) in [6.07, 6.45) is 1.70. The predicted molar refractivity (Wildman–Crippen MR) is 149 cm³/mol. The van der Waals surface area contributed by atoms with Crippen LogP contribution in [0.25, 0.3) is 17.5 Å². The molecule has 0 spiro atoms. The molecule has 4 rings (SSSR count). The average Bonchev–Trinajstić information content (AvgIpc) is 3.25. The zero-order valence-corrected chi connectivity index (χ0v) is 23.0. The molecule has 2 heterocycles. The maximum atomic E-state index is 13.6. The molecule has 0 bridgehead atoms. The quantitative estimate of drug-likeness (QED) is 0.404. The zero-order valence-electron chi connectivity index (χ0n) is 22.2. The fourth-order valence-electron chi connectivity index (χ4n) is 4.40. The van der Waals surface area contributed by atoms with Crippen LogP contribution in [0.3, 0.4) is 0 Å². The summed E-state index contributed by atoms with van der Waals surface area (Å²) < 4.78 is 23.3. The van der Waals surface area contributed by atoms with Gasteiger partial charge in [0.15, 0.2) is 0 Å². The molecule has 0 unspecified atom stereocenters. The SMILES string of the molecule is CCOC(=O)C1=C(N)n2c(s/c(=C/c3ccc(OCC)cc3)c2=O)=C(C(=O)OC)[C@H]1c1ccc(OCC)cc1. The Morgan fingerprint density at radius 1 is 0.897 bits per heavy atom. The number of carbonyl (C=O) groups excluding carboxylic acids is 2. The standard InChI is InChI=1S/C29H30N2O7S/c1-5-36-19-12-8-17(9-13-19)16-21-26(32)31-25(30)23(29(34)38-7-3)22(24(27(31)39-21)28(33)35-4)18-10-14-20(15-11-18)37-6-2/h8-16,22H,5-7,30H2,1-4H3/b21-16+/t22-/m0/s1. The van der Waals surface area contributed by atoms with Gasteiger partial charge in [0, 0.05) is 0 Å². The van der Waals surface area contributed by atoms with Gasteiger partial charge in [-0.2, -0.15) is 0 Å². The molecule has 204 valence electrons. The van der Waals surface area contributed by atoms with Gasteiger partial charge in [0.2, 0.25) is 0 Å². The molecule has 0 saturated heterocycles. The van der Waals surface area contributed by atoms with Crippen molar-refractivity contribution in [2.75, 3.05) is 26.9 Å². The van der Waals surface area contributed by atoms with Crippen LogP contribution in [-0.4, -0.2) is 43.4 Å². The number of thiazole rings is 1. The Balaban J connectivity index is 2.01. The highest BCUT2D eigenvalue weighted by atomic mass is 32.1. The minimum atomic E-state index is -0.927. The Morgan fingerprint density at radius 3 is 2.03 bits per heavy atom. The predicted octanol–water partition coefficient (Wildman–Crippen LogP) is 2.35. The van der Waals surface area contributed by atoms with Gasteiger partial charge in [0.05, 0.1) is 48.5 Å². The average molecular weight is 551 g/mol. The van der Waals surface area contributed by atoms with Gasteiger partial charge in [0.25, 0.3) is 5.56 Å². The second-order valence-electron chi connectivity index (χ2n) is 8.42. The second-order valence-corrected chi connectivity index (χ2v) is 9.45. The van der Waals surface area contributed by atoms with Crippen LogP contribution in [0.15, 0.2) is 58.9 Å².